The van der Waals surface area contributed by atoms with Gasteiger partial charge in [-0.1, -0.05) is 0 Å². The number of hydrogen-bond acceptors (Lipinski definition) is 6. The summed E-state index contributed by atoms with van der Waals surface area (Å²) in [5, 5.41) is 8.88. The summed E-state index contributed by atoms with van der Waals surface area (Å²) in [6.45, 7) is 1.93. The molecule has 1 aromatic heterocycles. The number of carboxylic acids is 1. The van der Waals surface area contributed by atoms with E-state index in [0.717, 1.165) is 30.4 Å². The molecule has 0 radical (unpaired) electrons. The van der Waals surface area contributed by atoms with Crippen molar-refractivity contribution < 1.29 is 14.6 Å². The summed E-state index contributed by atoms with van der Waals surface area (Å²) >= 11 is 1.94. The van der Waals surface area contributed by atoms with Gasteiger partial charge in [0.15, 0.2) is 0 Å². The lowest BCUT2D eigenvalue weighted by Crippen LogP contribution is -2.33. The van der Waals surface area contributed by atoms with Gasteiger partial charge in [0.05, 0.1) is 5.56 Å². The molecule has 0 spiro atoms. The Balaban J connectivity index is 1.73. The number of carboxylic acid groups (broad SMARTS) is 1. The highest BCUT2D eigenvalue weighted by Gasteiger charge is 2.13. The second-order valence-electron chi connectivity index (χ2n) is 4.75. The van der Waals surface area contributed by atoms with Crippen molar-refractivity contribution in [2.24, 2.45) is 0 Å². The lowest BCUT2D eigenvalue weighted by molar-refractivity contribution is 0.0697. The van der Waals surface area contributed by atoms with E-state index in [4.69, 9.17) is 9.84 Å². The van der Waals surface area contributed by atoms with Gasteiger partial charge in [0, 0.05) is 30.7 Å². The standard InChI is InChI=1S/C15H15N3O3S/c19-15(20)11-1-3-12(4-2-11)21-14-9-13(16-10-17-14)18-5-7-22-8-6-18/h1-4,9-10H,5-8H2,(H,19,20). The van der Waals surface area contributed by atoms with Gasteiger partial charge < -0.3 is 14.7 Å². The number of aromatic nitrogens is 2. The molecule has 1 aliphatic heterocycles. The molecule has 0 atom stereocenters. The number of nitrogens with zero attached hydrogens (tertiary/aromatic N) is 3. The second kappa shape index (κ2) is 6.65. The molecule has 3 rings (SSSR count). The molecule has 0 amide bonds. The van der Waals surface area contributed by atoms with Crippen LogP contribution < -0.4 is 9.64 Å². The van der Waals surface area contributed by atoms with Crippen molar-refractivity contribution in [3.8, 4) is 11.6 Å². The van der Waals surface area contributed by atoms with Gasteiger partial charge in [0.2, 0.25) is 5.88 Å². The van der Waals surface area contributed by atoms with Crippen molar-refractivity contribution in [3.05, 3.63) is 42.2 Å². The van der Waals surface area contributed by atoms with Crippen LogP contribution in [0.25, 0.3) is 0 Å². The van der Waals surface area contributed by atoms with Crippen LogP contribution in [0.15, 0.2) is 36.7 Å². The number of thioether (sulfide) groups is 1. The van der Waals surface area contributed by atoms with Crippen LogP contribution in [0.5, 0.6) is 11.6 Å². The van der Waals surface area contributed by atoms with E-state index in [1.165, 1.54) is 18.5 Å². The summed E-state index contributed by atoms with van der Waals surface area (Å²) in [5.74, 6) is 3.08. The molecule has 1 fully saturated rings. The first-order valence-corrected chi connectivity index (χ1v) is 8.04. The number of benzene rings is 1. The molecule has 0 unspecified atom stereocenters. The van der Waals surface area contributed by atoms with E-state index < -0.39 is 5.97 Å². The Morgan fingerprint density at radius 3 is 2.59 bits per heavy atom. The number of anilines is 1. The van der Waals surface area contributed by atoms with Crippen LogP contribution in [0.3, 0.4) is 0 Å². The van der Waals surface area contributed by atoms with Gasteiger partial charge in [0.1, 0.15) is 17.9 Å². The summed E-state index contributed by atoms with van der Waals surface area (Å²) in [6.07, 6.45) is 1.48. The van der Waals surface area contributed by atoms with Crippen LogP contribution >= 0.6 is 11.8 Å². The predicted molar refractivity (Wildman–Crippen MR) is 85.0 cm³/mol. The Hall–Kier alpha value is -2.28. The van der Waals surface area contributed by atoms with Crippen LogP contribution in [0, 0.1) is 0 Å². The van der Waals surface area contributed by atoms with Crippen molar-refractivity contribution in [1.29, 1.82) is 0 Å². The Morgan fingerprint density at radius 1 is 1.18 bits per heavy atom. The highest BCUT2D eigenvalue weighted by atomic mass is 32.2. The molecule has 7 heteroatoms. The van der Waals surface area contributed by atoms with Gasteiger partial charge >= 0.3 is 5.97 Å². The highest BCUT2D eigenvalue weighted by molar-refractivity contribution is 7.99. The normalized spacial score (nSPS) is 14.6. The fraction of sp³-hybridized carbons (Fsp3) is 0.267. The van der Waals surface area contributed by atoms with Gasteiger partial charge in [-0.25, -0.2) is 14.8 Å². The van der Waals surface area contributed by atoms with Crippen LogP contribution in [-0.2, 0) is 0 Å². The van der Waals surface area contributed by atoms with E-state index in [2.05, 4.69) is 14.9 Å². The fourth-order valence-electron chi connectivity index (χ4n) is 2.14. The number of aromatic carboxylic acids is 1. The molecule has 1 N–H and O–H groups in total. The van der Waals surface area contributed by atoms with Gasteiger partial charge in [-0.15, -0.1) is 0 Å². The summed E-state index contributed by atoms with van der Waals surface area (Å²) in [7, 11) is 0. The maximum Gasteiger partial charge on any atom is 0.335 e. The molecule has 6 nitrogen and oxygen atoms in total. The van der Waals surface area contributed by atoms with Gasteiger partial charge in [-0.3, -0.25) is 0 Å². The van der Waals surface area contributed by atoms with Crippen LogP contribution in [0.1, 0.15) is 10.4 Å². The molecule has 1 aliphatic rings. The molecule has 0 bridgehead atoms. The predicted octanol–water partition coefficient (Wildman–Crippen LogP) is 2.52. The molecule has 0 saturated carbocycles. The molecule has 22 heavy (non-hydrogen) atoms. The van der Waals surface area contributed by atoms with Gasteiger partial charge in [-0.05, 0) is 24.3 Å². The van der Waals surface area contributed by atoms with Gasteiger partial charge in [0.25, 0.3) is 0 Å². The minimum absolute atomic E-state index is 0.224. The minimum atomic E-state index is -0.959. The molecule has 1 aromatic carbocycles. The van der Waals surface area contributed by atoms with E-state index in [1.54, 1.807) is 18.2 Å². The largest absolute Gasteiger partial charge is 0.478 e. The first kappa shape index (κ1) is 14.6. The Morgan fingerprint density at radius 2 is 1.91 bits per heavy atom. The molecule has 2 aromatic rings. The van der Waals surface area contributed by atoms with E-state index in [1.807, 2.05) is 11.8 Å². The number of rotatable bonds is 4. The second-order valence-corrected chi connectivity index (χ2v) is 5.97. The van der Waals surface area contributed by atoms with E-state index >= 15 is 0 Å². The Labute approximate surface area is 132 Å². The Kier molecular flexibility index (Phi) is 4.43. The van der Waals surface area contributed by atoms with E-state index in [-0.39, 0.29) is 5.56 Å². The molecule has 114 valence electrons. The molecule has 2 heterocycles. The molecule has 0 aliphatic carbocycles. The first-order chi connectivity index (χ1) is 10.7. The summed E-state index contributed by atoms with van der Waals surface area (Å²) < 4.78 is 5.67. The van der Waals surface area contributed by atoms with Crippen LogP contribution in [-0.4, -0.2) is 45.6 Å². The van der Waals surface area contributed by atoms with Crippen molar-refractivity contribution in [2.75, 3.05) is 29.5 Å². The quantitative estimate of drug-likeness (QED) is 0.928. The summed E-state index contributed by atoms with van der Waals surface area (Å²) in [5.41, 5.74) is 0.224. The third-order valence-corrected chi connectivity index (χ3v) is 4.23. The maximum atomic E-state index is 10.8. The highest BCUT2D eigenvalue weighted by Crippen LogP contribution is 2.24. The third kappa shape index (κ3) is 3.48. The van der Waals surface area contributed by atoms with E-state index in [0.29, 0.717) is 11.6 Å². The third-order valence-electron chi connectivity index (χ3n) is 3.29. The number of carbonyl (C=O) groups is 1. The van der Waals surface area contributed by atoms with E-state index in [9.17, 15) is 4.79 Å². The SMILES string of the molecule is O=C(O)c1ccc(Oc2cc(N3CCSCC3)ncn2)cc1. The van der Waals surface area contributed by atoms with Crippen molar-refractivity contribution in [2.45, 2.75) is 0 Å². The fourth-order valence-corrected chi connectivity index (χ4v) is 3.04. The van der Waals surface area contributed by atoms with Crippen LogP contribution in [0.2, 0.25) is 0 Å². The monoisotopic (exact) mass is 317 g/mol. The smallest absolute Gasteiger partial charge is 0.335 e. The van der Waals surface area contributed by atoms with Crippen molar-refractivity contribution >= 4 is 23.5 Å². The summed E-state index contributed by atoms with van der Waals surface area (Å²) in [6, 6.07) is 8.04. The topological polar surface area (TPSA) is 75.6 Å². The first-order valence-electron chi connectivity index (χ1n) is 6.88. The number of ether oxygens (including phenoxy) is 1. The lowest BCUT2D eigenvalue weighted by Gasteiger charge is -2.27. The van der Waals surface area contributed by atoms with Gasteiger partial charge in [-0.2, -0.15) is 11.8 Å². The van der Waals surface area contributed by atoms with Crippen LogP contribution in [0.4, 0.5) is 5.82 Å². The maximum absolute atomic E-state index is 10.8. The average Bonchev–Trinajstić information content (AvgIpc) is 2.56. The zero-order chi connectivity index (χ0) is 15.4. The minimum Gasteiger partial charge on any atom is -0.478 e. The summed E-state index contributed by atoms with van der Waals surface area (Å²) in [4.78, 5) is 21.4. The Bertz CT molecular complexity index is 657. The molecular weight excluding hydrogens is 302 g/mol. The van der Waals surface area contributed by atoms with Crippen molar-refractivity contribution in [1.82, 2.24) is 9.97 Å². The molecule has 1 saturated heterocycles. The zero-order valence-electron chi connectivity index (χ0n) is 11.8. The average molecular weight is 317 g/mol. The number of hydrogen-bond donors (Lipinski definition) is 1. The molecular formula is C15H15N3O3S. The lowest BCUT2D eigenvalue weighted by atomic mass is 10.2. The van der Waals surface area contributed by atoms with Crippen molar-refractivity contribution in [3.63, 3.8) is 0 Å². The zero-order valence-corrected chi connectivity index (χ0v) is 12.6.